The molecule has 0 heterocycles. The minimum absolute atomic E-state index is 0.0761. The maximum absolute atomic E-state index is 8.99. The largest absolute Gasteiger partial charge is 0.395 e. The number of benzene rings is 1. The van der Waals surface area contributed by atoms with Crippen molar-refractivity contribution < 1.29 is 9.84 Å². The molecule has 0 amide bonds. The van der Waals surface area contributed by atoms with Crippen LogP contribution in [0.3, 0.4) is 0 Å². The van der Waals surface area contributed by atoms with Crippen LogP contribution < -0.4 is 5.73 Å². The van der Waals surface area contributed by atoms with Crippen LogP contribution in [-0.4, -0.2) is 23.9 Å². The first-order valence-electron chi connectivity index (χ1n) is 5.40. The summed E-state index contributed by atoms with van der Waals surface area (Å²) in [7, 11) is 0. The van der Waals surface area contributed by atoms with Crippen molar-refractivity contribution in [1.82, 2.24) is 0 Å². The summed E-state index contributed by atoms with van der Waals surface area (Å²) in [4.78, 5) is 0. The number of hydrogen-bond acceptors (Lipinski definition) is 3. The van der Waals surface area contributed by atoms with Crippen LogP contribution in [0.25, 0.3) is 0 Å². The van der Waals surface area contributed by atoms with E-state index < -0.39 is 0 Å². The van der Waals surface area contributed by atoms with Crippen molar-refractivity contribution in [2.45, 2.75) is 25.2 Å². The Bertz CT molecular complexity index is 300. The number of hydrogen-bond donors (Lipinski definition) is 2. The molecule has 0 fully saturated rings. The predicted molar refractivity (Wildman–Crippen MR) is 64.9 cm³/mol. The number of nitrogens with two attached hydrogens (primary N) is 1. The minimum atomic E-state index is -0.360. The van der Waals surface area contributed by atoms with E-state index in [0.29, 0.717) is 13.0 Å². The highest BCUT2D eigenvalue weighted by atomic mass is 16.5. The molecule has 0 aromatic heterocycles. The highest BCUT2D eigenvalue weighted by Gasteiger charge is 2.16. The lowest BCUT2D eigenvalue weighted by Crippen LogP contribution is -2.39. The van der Waals surface area contributed by atoms with E-state index in [-0.39, 0.29) is 18.8 Å². The Hall–Kier alpha value is -1.16. The zero-order chi connectivity index (χ0) is 11.8. The number of aliphatic hydroxyl groups excluding tert-OH is 1. The fraction of sp³-hybridized carbons (Fsp3) is 0.385. The Labute approximate surface area is 96.5 Å². The Balaban J connectivity index is 2.46. The predicted octanol–water partition coefficient (Wildman–Crippen LogP) is 1.47. The van der Waals surface area contributed by atoms with E-state index in [1.54, 1.807) is 6.08 Å². The summed E-state index contributed by atoms with van der Waals surface area (Å²) in [6.45, 7) is 4.09. The Morgan fingerprint density at radius 2 is 2.06 bits per heavy atom. The molecule has 16 heavy (non-hydrogen) atoms. The van der Waals surface area contributed by atoms with Gasteiger partial charge in [0.2, 0.25) is 0 Å². The molecule has 0 radical (unpaired) electrons. The van der Waals surface area contributed by atoms with Crippen LogP contribution in [0.5, 0.6) is 0 Å². The standard InChI is InChI=1S/C13H19NO2/c1-2-6-13(12(14)9-15)16-10-11-7-4-3-5-8-11/h2-5,7-8,12-13,15H,1,6,9-10,14H2. The van der Waals surface area contributed by atoms with Crippen molar-refractivity contribution in [2.24, 2.45) is 5.73 Å². The van der Waals surface area contributed by atoms with E-state index in [1.807, 2.05) is 30.3 Å². The van der Waals surface area contributed by atoms with E-state index in [9.17, 15) is 0 Å². The fourth-order valence-corrected chi connectivity index (χ4v) is 1.43. The molecule has 0 aliphatic carbocycles. The number of rotatable bonds is 7. The van der Waals surface area contributed by atoms with Gasteiger partial charge in [0.1, 0.15) is 0 Å². The topological polar surface area (TPSA) is 55.5 Å². The monoisotopic (exact) mass is 221 g/mol. The van der Waals surface area contributed by atoms with Gasteiger partial charge in [0.05, 0.1) is 25.4 Å². The molecular weight excluding hydrogens is 202 g/mol. The van der Waals surface area contributed by atoms with Crippen molar-refractivity contribution in [1.29, 1.82) is 0 Å². The molecule has 2 atom stereocenters. The third-order valence-corrected chi connectivity index (χ3v) is 2.39. The normalized spacial score (nSPS) is 14.4. The van der Waals surface area contributed by atoms with Crippen molar-refractivity contribution in [3.05, 3.63) is 48.6 Å². The third-order valence-electron chi connectivity index (χ3n) is 2.39. The molecule has 3 heteroatoms. The average molecular weight is 221 g/mol. The summed E-state index contributed by atoms with van der Waals surface area (Å²) in [5, 5.41) is 8.99. The molecule has 0 aliphatic heterocycles. The van der Waals surface area contributed by atoms with Crippen LogP contribution in [-0.2, 0) is 11.3 Å². The summed E-state index contributed by atoms with van der Waals surface area (Å²) in [6, 6.07) is 9.52. The first-order chi connectivity index (χ1) is 7.77. The van der Waals surface area contributed by atoms with Gasteiger partial charge in [-0.25, -0.2) is 0 Å². The molecule has 0 aliphatic rings. The second-order valence-electron chi connectivity index (χ2n) is 3.71. The molecular formula is C13H19NO2. The zero-order valence-corrected chi connectivity index (χ0v) is 9.38. The van der Waals surface area contributed by atoms with Gasteiger partial charge in [-0.2, -0.15) is 0 Å². The molecule has 3 nitrogen and oxygen atoms in total. The maximum atomic E-state index is 8.99. The van der Waals surface area contributed by atoms with Gasteiger partial charge in [-0.05, 0) is 12.0 Å². The van der Waals surface area contributed by atoms with E-state index in [2.05, 4.69) is 6.58 Å². The van der Waals surface area contributed by atoms with E-state index in [0.717, 1.165) is 5.56 Å². The van der Waals surface area contributed by atoms with Gasteiger partial charge in [0, 0.05) is 0 Å². The Morgan fingerprint density at radius 3 is 2.62 bits per heavy atom. The fourth-order valence-electron chi connectivity index (χ4n) is 1.43. The first kappa shape index (κ1) is 12.9. The molecule has 1 aromatic carbocycles. The summed E-state index contributed by atoms with van der Waals surface area (Å²) >= 11 is 0. The Kier molecular flexibility index (Phi) is 5.78. The molecule has 0 spiro atoms. The van der Waals surface area contributed by atoms with Gasteiger partial charge in [-0.15, -0.1) is 6.58 Å². The van der Waals surface area contributed by atoms with E-state index in [4.69, 9.17) is 15.6 Å². The molecule has 0 saturated heterocycles. The second kappa shape index (κ2) is 7.17. The summed E-state index contributed by atoms with van der Waals surface area (Å²) in [6.07, 6.45) is 2.22. The van der Waals surface area contributed by atoms with Crippen molar-refractivity contribution in [2.75, 3.05) is 6.61 Å². The molecule has 0 saturated carbocycles. The van der Waals surface area contributed by atoms with E-state index >= 15 is 0 Å². The molecule has 1 aromatic rings. The first-order valence-corrected chi connectivity index (χ1v) is 5.40. The van der Waals surface area contributed by atoms with Crippen LogP contribution in [0.1, 0.15) is 12.0 Å². The molecule has 2 unspecified atom stereocenters. The van der Waals surface area contributed by atoms with Crippen molar-refractivity contribution >= 4 is 0 Å². The molecule has 0 bridgehead atoms. The molecule has 3 N–H and O–H groups in total. The van der Waals surface area contributed by atoms with Gasteiger partial charge < -0.3 is 15.6 Å². The summed E-state index contributed by atoms with van der Waals surface area (Å²) in [5.74, 6) is 0. The van der Waals surface area contributed by atoms with Gasteiger partial charge in [0.25, 0.3) is 0 Å². The SMILES string of the molecule is C=CCC(OCc1ccccc1)C(N)CO. The van der Waals surface area contributed by atoms with Crippen molar-refractivity contribution in [3.8, 4) is 0 Å². The smallest absolute Gasteiger partial charge is 0.0787 e. The summed E-state index contributed by atoms with van der Waals surface area (Å²) < 4.78 is 5.66. The molecule has 88 valence electrons. The maximum Gasteiger partial charge on any atom is 0.0787 e. The quantitative estimate of drug-likeness (QED) is 0.685. The zero-order valence-electron chi connectivity index (χ0n) is 9.38. The van der Waals surface area contributed by atoms with Crippen LogP contribution >= 0.6 is 0 Å². The lowest BCUT2D eigenvalue weighted by molar-refractivity contribution is 0.0125. The van der Waals surface area contributed by atoms with Crippen LogP contribution in [0.4, 0.5) is 0 Å². The van der Waals surface area contributed by atoms with Gasteiger partial charge in [-0.3, -0.25) is 0 Å². The minimum Gasteiger partial charge on any atom is -0.395 e. The van der Waals surface area contributed by atoms with Crippen molar-refractivity contribution in [3.63, 3.8) is 0 Å². The number of ether oxygens (including phenoxy) is 1. The van der Waals surface area contributed by atoms with Crippen LogP contribution in [0.15, 0.2) is 43.0 Å². The summed E-state index contributed by atoms with van der Waals surface area (Å²) in [5.41, 5.74) is 6.84. The lowest BCUT2D eigenvalue weighted by atomic mass is 10.1. The highest BCUT2D eigenvalue weighted by molar-refractivity contribution is 5.13. The van der Waals surface area contributed by atoms with E-state index in [1.165, 1.54) is 0 Å². The Morgan fingerprint density at radius 1 is 1.38 bits per heavy atom. The average Bonchev–Trinajstić information content (AvgIpc) is 2.34. The van der Waals surface area contributed by atoms with Gasteiger partial charge in [0.15, 0.2) is 0 Å². The third kappa shape index (κ3) is 4.14. The van der Waals surface area contributed by atoms with Crippen LogP contribution in [0, 0.1) is 0 Å². The van der Waals surface area contributed by atoms with Crippen LogP contribution in [0.2, 0.25) is 0 Å². The number of aliphatic hydroxyl groups is 1. The van der Waals surface area contributed by atoms with Gasteiger partial charge in [-0.1, -0.05) is 36.4 Å². The molecule has 1 rings (SSSR count). The second-order valence-corrected chi connectivity index (χ2v) is 3.71. The lowest BCUT2D eigenvalue weighted by Gasteiger charge is -2.21. The highest BCUT2D eigenvalue weighted by Crippen LogP contribution is 2.08. The van der Waals surface area contributed by atoms with Gasteiger partial charge >= 0.3 is 0 Å².